The molecule has 1 rings (SSSR count). The van der Waals surface area contributed by atoms with Gasteiger partial charge in [0.05, 0.1) is 0 Å². The van der Waals surface area contributed by atoms with Gasteiger partial charge in [-0.25, -0.2) is 8.78 Å². The first-order valence-corrected chi connectivity index (χ1v) is 4.04. The molecule has 0 atom stereocenters. The number of aliphatic hydroxyl groups excluding tert-OH is 1. The topological polar surface area (TPSA) is 32.3 Å². The summed E-state index contributed by atoms with van der Waals surface area (Å²) in [5, 5.41) is 11.3. The Balaban J connectivity index is 0.00000169. The van der Waals surface area contributed by atoms with Crippen LogP contribution in [0.2, 0.25) is 0 Å². The fourth-order valence-corrected chi connectivity index (χ4v) is 0.918. The summed E-state index contributed by atoms with van der Waals surface area (Å²) in [6.07, 6.45) is 0.582. The number of benzene rings is 1. The van der Waals surface area contributed by atoms with E-state index in [4.69, 9.17) is 5.11 Å². The summed E-state index contributed by atoms with van der Waals surface area (Å²) in [5.41, 5.74) is 0.521. The van der Waals surface area contributed by atoms with Crippen molar-refractivity contribution in [1.29, 1.82) is 0 Å². The lowest BCUT2D eigenvalue weighted by atomic mass is 10.3. The van der Waals surface area contributed by atoms with Gasteiger partial charge in [0.25, 0.3) is 0 Å². The number of hydrogen-bond acceptors (Lipinski definition) is 2. The Hall–Kier alpha value is -0.870. The van der Waals surface area contributed by atoms with Crippen LogP contribution in [0.15, 0.2) is 18.2 Å². The van der Waals surface area contributed by atoms with Crippen LogP contribution in [0.5, 0.6) is 0 Å². The molecule has 1 aromatic carbocycles. The summed E-state index contributed by atoms with van der Waals surface area (Å²) in [5.74, 6) is -1.72. The van der Waals surface area contributed by atoms with E-state index in [1.165, 1.54) is 6.07 Å². The smallest absolute Gasteiger partial charge is 0.160 e. The molecule has 0 saturated heterocycles. The van der Waals surface area contributed by atoms with Crippen molar-refractivity contribution in [3.8, 4) is 0 Å². The molecule has 0 saturated carbocycles. The van der Waals surface area contributed by atoms with Gasteiger partial charge in [0.15, 0.2) is 11.6 Å². The molecule has 0 amide bonds. The maximum Gasteiger partial charge on any atom is 0.160 e. The normalized spacial score (nSPS) is 9.36. The third-order valence-corrected chi connectivity index (χ3v) is 1.58. The predicted molar refractivity (Wildman–Crippen MR) is 53.8 cm³/mol. The second kappa shape index (κ2) is 6.56. The van der Waals surface area contributed by atoms with E-state index in [-0.39, 0.29) is 19.0 Å². The van der Waals surface area contributed by atoms with Crippen molar-refractivity contribution >= 4 is 18.1 Å². The van der Waals surface area contributed by atoms with Crippen molar-refractivity contribution in [2.45, 2.75) is 6.42 Å². The molecule has 1 aromatic rings. The van der Waals surface area contributed by atoms with Gasteiger partial charge < -0.3 is 10.4 Å². The Bertz CT molecular complexity index is 284. The first-order valence-electron chi connectivity index (χ1n) is 4.04. The van der Waals surface area contributed by atoms with E-state index in [1.807, 2.05) is 0 Å². The zero-order valence-electron chi connectivity index (χ0n) is 7.46. The van der Waals surface area contributed by atoms with Crippen molar-refractivity contribution in [1.82, 2.24) is 0 Å². The Morgan fingerprint density at radius 2 is 1.93 bits per heavy atom. The molecule has 5 heteroatoms. The first-order chi connectivity index (χ1) is 6.24. The molecular weight excluding hydrogens is 212 g/mol. The summed E-state index contributed by atoms with van der Waals surface area (Å²) >= 11 is 0. The third-order valence-electron chi connectivity index (χ3n) is 1.58. The second-order valence-corrected chi connectivity index (χ2v) is 2.63. The van der Waals surface area contributed by atoms with Gasteiger partial charge >= 0.3 is 0 Å². The summed E-state index contributed by atoms with van der Waals surface area (Å²) in [6.45, 7) is 0.623. The van der Waals surface area contributed by atoms with Crippen molar-refractivity contribution in [2.24, 2.45) is 0 Å². The van der Waals surface area contributed by atoms with Crippen LogP contribution >= 0.6 is 12.4 Å². The summed E-state index contributed by atoms with van der Waals surface area (Å²) in [4.78, 5) is 0. The Morgan fingerprint density at radius 3 is 2.50 bits per heavy atom. The van der Waals surface area contributed by atoms with E-state index in [2.05, 4.69) is 5.32 Å². The lowest BCUT2D eigenvalue weighted by molar-refractivity contribution is 0.292. The number of hydrogen-bond donors (Lipinski definition) is 2. The van der Waals surface area contributed by atoms with Gasteiger partial charge in [0.1, 0.15) is 0 Å². The molecule has 0 radical (unpaired) electrons. The van der Waals surface area contributed by atoms with Crippen LogP contribution in [-0.2, 0) is 0 Å². The van der Waals surface area contributed by atoms with Gasteiger partial charge in [-0.1, -0.05) is 0 Å². The molecule has 14 heavy (non-hydrogen) atoms. The number of anilines is 1. The molecule has 2 nitrogen and oxygen atoms in total. The van der Waals surface area contributed by atoms with Crippen molar-refractivity contribution in [2.75, 3.05) is 18.5 Å². The van der Waals surface area contributed by atoms with Gasteiger partial charge in [-0.15, -0.1) is 12.4 Å². The van der Waals surface area contributed by atoms with Crippen LogP contribution < -0.4 is 5.32 Å². The third kappa shape index (κ3) is 3.89. The van der Waals surface area contributed by atoms with Gasteiger partial charge in [-0.2, -0.15) is 0 Å². The fraction of sp³-hybridized carbons (Fsp3) is 0.333. The van der Waals surface area contributed by atoms with Crippen LogP contribution in [0.1, 0.15) is 6.42 Å². The summed E-state index contributed by atoms with van der Waals surface area (Å²) < 4.78 is 25.1. The molecule has 2 N–H and O–H groups in total. The zero-order chi connectivity index (χ0) is 9.68. The molecule has 0 bridgehead atoms. The Labute approximate surface area is 87.4 Å². The fourth-order valence-electron chi connectivity index (χ4n) is 0.918. The molecule has 0 unspecified atom stereocenters. The van der Waals surface area contributed by atoms with Crippen LogP contribution in [0.4, 0.5) is 14.5 Å². The van der Waals surface area contributed by atoms with Crippen LogP contribution in [0, 0.1) is 11.6 Å². The largest absolute Gasteiger partial charge is 0.396 e. The van der Waals surface area contributed by atoms with E-state index >= 15 is 0 Å². The molecule has 0 heterocycles. The lowest BCUT2D eigenvalue weighted by Crippen LogP contribution is -2.03. The van der Waals surface area contributed by atoms with Crippen LogP contribution in [0.3, 0.4) is 0 Å². The molecule has 0 aromatic heterocycles. The van der Waals surface area contributed by atoms with Gasteiger partial charge in [-0.3, -0.25) is 0 Å². The van der Waals surface area contributed by atoms with E-state index < -0.39 is 11.6 Å². The number of aliphatic hydroxyl groups is 1. The minimum Gasteiger partial charge on any atom is -0.396 e. The molecule has 80 valence electrons. The van der Waals surface area contributed by atoms with Gasteiger partial charge in [-0.05, 0) is 24.6 Å². The monoisotopic (exact) mass is 223 g/mol. The van der Waals surface area contributed by atoms with E-state index in [0.29, 0.717) is 18.7 Å². The predicted octanol–water partition coefficient (Wildman–Crippen LogP) is 2.18. The van der Waals surface area contributed by atoms with Crippen molar-refractivity contribution in [3.05, 3.63) is 29.8 Å². The molecule has 0 aliphatic rings. The number of rotatable bonds is 4. The highest BCUT2D eigenvalue weighted by molar-refractivity contribution is 5.85. The van der Waals surface area contributed by atoms with E-state index in [1.54, 1.807) is 0 Å². The molecule has 0 aliphatic carbocycles. The van der Waals surface area contributed by atoms with E-state index in [0.717, 1.165) is 12.1 Å². The second-order valence-electron chi connectivity index (χ2n) is 2.63. The van der Waals surface area contributed by atoms with Crippen LogP contribution in [-0.4, -0.2) is 18.3 Å². The Morgan fingerprint density at radius 1 is 1.21 bits per heavy atom. The lowest BCUT2D eigenvalue weighted by Gasteiger charge is -2.04. The molecule has 0 spiro atoms. The minimum absolute atomic E-state index is 0. The molecule has 0 fully saturated rings. The standard InChI is InChI=1S/C9H11F2NO.ClH/c10-8-3-2-7(6-9(8)11)12-4-1-5-13;/h2-3,6,12-13H,1,4-5H2;1H. The highest BCUT2D eigenvalue weighted by atomic mass is 35.5. The first kappa shape index (κ1) is 13.1. The van der Waals surface area contributed by atoms with Crippen LogP contribution in [0.25, 0.3) is 0 Å². The van der Waals surface area contributed by atoms with Gasteiger partial charge in [0.2, 0.25) is 0 Å². The quantitative estimate of drug-likeness (QED) is 0.767. The highest BCUT2D eigenvalue weighted by Crippen LogP contribution is 2.12. The van der Waals surface area contributed by atoms with E-state index in [9.17, 15) is 8.78 Å². The maximum atomic E-state index is 12.6. The number of nitrogens with one attached hydrogen (secondary N) is 1. The average Bonchev–Trinajstić information content (AvgIpc) is 2.12. The van der Waals surface area contributed by atoms with Crippen molar-refractivity contribution < 1.29 is 13.9 Å². The maximum absolute atomic E-state index is 12.6. The van der Waals surface area contributed by atoms with Gasteiger partial charge in [0, 0.05) is 18.8 Å². The summed E-state index contributed by atoms with van der Waals surface area (Å²) in [7, 11) is 0. The SMILES string of the molecule is Cl.OCCCNc1ccc(F)c(F)c1. The Kier molecular flexibility index (Phi) is 6.16. The minimum atomic E-state index is -0.867. The highest BCUT2D eigenvalue weighted by Gasteiger charge is 2.00. The summed E-state index contributed by atoms with van der Waals surface area (Å²) in [6, 6.07) is 3.61. The number of halogens is 3. The average molecular weight is 224 g/mol. The van der Waals surface area contributed by atoms with Crippen molar-refractivity contribution in [3.63, 3.8) is 0 Å². The zero-order valence-corrected chi connectivity index (χ0v) is 8.28. The molecular formula is C9H12ClF2NO. The molecule has 0 aliphatic heterocycles.